The third kappa shape index (κ3) is 2.07. The summed E-state index contributed by atoms with van der Waals surface area (Å²) >= 11 is 0. The fourth-order valence-corrected chi connectivity index (χ4v) is 2.70. The Bertz CT molecular complexity index is 685. The summed E-state index contributed by atoms with van der Waals surface area (Å²) in [6.07, 6.45) is 0.476. The molecule has 1 aromatic heterocycles. The Morgan fingerprint density at radius 1 is 1.20 bits per heavy atom. The highest BCUT2D eigenvalue weighted by Gasteiger charge is 2.17. The van der Waals surface area contributed by atoms with Crippen molar-refractivity contribution in [1.29, 1.82) is 0 Å². The monoisotopic (exact) mass is 271 g/mol. The van der Waals surface area contributed by atoms with Gasteiger partial charge in [-0.3, -0.25) is 4.79 Å². The molecule has 2 heterocycles. The molecule has 0 spiro atoms. The molecule has 1 aliphatic rings. The first-order valence-corrected chi connectivity index (χ1v) is 6.63. The molecule has 0 aliphatic carbocycles. The SMILES string of the molecule is CC(=O)Cc1cc(C)n(-c2ccc3c(c2)OCO3)c1C. The van der Waals surface area contributed by atoms with Gasteiger partial charge in [-0.05, 0) is 44.5 Å². The van der Waals surface area contributed by atoms with Crippen LogP contribution in [-0.4, -0.2) is 17.1 Å². The molecule has 4 nitrogen and oxygen atoms in total. The second-order valence-corrected chi connectivity index (χ2v) is 5.15. The van der Waals surface area contributed by atoms with E-state index in [0.717, 1.165) is 34.1 Å². The normalized spacial score (nSPS) is 12.8. The molecule has 1 aliphatic heterocycles. The van der Waals surface area contributed by atoms with Crippen LogP contribution in [0.2, 0.25) is 0 Å². The fraction of sp³-hybridized carbons (Fsp3) is 0.312. The Kier molecular flexibility index (Phi) is 3.01. The van der Waals surface area contributed by atoms with Crippen molar-refractivity contribution in [2.75, 3.05) is 6.79 Å². The minimum atomic E-state index is 0.177. The third-order valence-electron chi connectivity index (χ3n) is 3.59. The number of carbonyl (C=O) groups excluding carboxylic acids is 1. The van der Waals surface area contributed by atoms with E-state index in [9.17, 15) is 4.79 Å². The van der Waals surface area contributed by atoms with Gasteiger partial charge >= 0.3 is 0 Å². The minimum Gasteiger partial charge on any atom is -0.454 e. The van der Waals surface area contributed by atoms with Gasteiger partial charge in [-0.1, -0.05) is 0 Å². The Hall–Kier alpha value is -2.23. The van der Waals surface area contributed by atoms with E-state index in [4.69, 9.17) is 9.47 Å². The number of aryl methyl sites for hydroxylation is 1. The van der Waals surface area contributed by atoms with E-state index in [1.807, 2.05) is 32.0 Å². The molecule has 0 N–H and O–H groups in total. The van der Waals surface area contributed by atoms with Crippen molar-refractivity contribution in [2.45, 2.75) is 27.2 Å². The molecule has 0 radical (unpaired) electrons. The Morgan fingerprint density at radius 2 is 1.95 bits per heavy atom. The van der Waals surface area contributed by atoms with Crippen LogP contribution in [0.1, 0.15) is 23.9 Å². The number of aromatic nitrogens is 1. The first kappa shape index (κ1) is 12.8. The summed E-state index contributed by atoms with van der Waals surface area (Å²) in [5, 5.41) is 0. The Morgan fingerprint density at radius 3 is 2.70 bits per heavy atom. The van der Waals surface area contributed by atoms with Crippen LogP contribution in [0.15, 0.2) is 24.3 Å². The second-order valence-electron chi connectivity index (χ2n) is 5.15. The van der Waals surface area contributed by atoms with E-state index in [0.29, 0.717) is 6.42 Å². The van der Waals surface area contributed by atoms with Gasteiger partial charge in [-0.25, -0.2) is 0 Å². The predicted molar refractivity (Wildman–Crippen MR) is 75.8 cm³/mol. The Labute approximate surface area is 117 Å². The summed E-state index contributed by atoms with van der Waals surface area (Å²) in [6.45, 7) is 5.97. The zero-order chi connectivity index (χ0) is 14.3. The van der Waals surface area contributed by atoms with Gasteiger partial charge in [0.25, 0.3) is 0 Å². The van der Waals surface area contributed by atoms with Crippen LogP contribution in [0.4, 0.5) is 0 Å². The lowest BCUT2D eigenvalue weighted by molar-refractivity contribution is -0.116. The smallest absolute Gasteiger partial charge is 0.231 e. The van der Waals surface area contributed by atoms with Crippen molar-refractivity contribution >= 4 is 5.78 Å². The highest BCUT2D eigenvalue weighted by molar-refractivity contribution is 5.78. The number of carbonyl (C=O) groups is 1. The number of hydrogen-bond acceptors (Lipinski definition) is 3. The van der Waals surface area contributed by atoms with Crippen LogP contribution < -0.4 is 9.47 Å². The lowest BCUT2D eigenvalue weighted by Gasteiger charge is -2.10. The van der Waals surface area contributed by atoms with Gasteiger partial charge < -0.3 is 14.0 Å². The van der Waals surface area contributed by atoms with Gasteiger partial charge in [-0.15, -0.1) is 0 Å². The quantitative estimate of drug-likeness (QED) is 0.861. The van der Waals surface area contributed by atoms with Gasteiger partial charge in [0, 0.05) is 29.6 Å². The van der Waals surface area contributed by atoms with Crippen molar-refractivity contribution < 1.29 is 14.3 Å². The molecule has 1 aromatic carbocycles. The molecule has 0 saturated heterocycles. The molecule has 0 amide bonds. The molecule has 20 heavy (non-hydrogen) atoms. The standard InChI is InChI=1S/C16H17NO3/c1-10-6-13(7-11(2)18)12(3)17(10)14-4-5-15-16(8-14)20-9-19-15/h4-6,8H,7,9H2,1-3H3. The average Bonchev–Trinajstić information content (AvgIpc) is 2.94. The second kappa shape index (κ2) is 4.71. The average molecular weight is 271 g/mol. The van der Waals surface area contributed by atoms with Crippen molar-refractivity contribution in [3.63, 3.8) is 0 Å². The van der Waals surface area contributed by atoms with Gasteiger partial charge in [0.15, 0.2) is 11.5 Å². The molecule has 0 unspecified atom stereocenters. The molecule has 2 aromatic rings. The molecule has 104 valence electrons. The van der Waals surface area contributed by atoms with Gasteiger partial charge in [0.2, 0.25) is 6.79 Å². The number of rotatable bonds is 3. The number of ether oxygens (including phenoxy) is 2. The lowest BCUT2D eigenvalue weighted by Crippen LogP contribution is -2.01. The number of ketones is 1. The first-order chi connectivity index (χ1) is 9.56. The van der Waals surface area contributed by atoms with E-state index < -0.39 is 0 Å². The molecular weight excluding hydrogens is 254 g/mol. The molecule has 0 atom stereocenters. The zero-order valence-electron chi connectivity index (χ0n) is 11.9. The molecule has 4 heteroatoms. The maximum absolute atomic E-state index is 11.3. The van der Waals surface area contributed by atoms with Crippen LogP contribution in [0.25, 0.3) is 5.69 Å². The van der Waals surface area contributed by atoms with E-state index in [2.05, 4.69) is 10.6 Å². The first-order valence-electron chi connectivity index (χ1n) is 6.63. The van der Waals surface area contributed by atoms with Crippen LogP contribution in [-0.2, 0) is 11.2 Å². The van der Waals surface area contributed by atoms with E-state index >= 15 is 0 Å². The van der Waals surface area contributed by atoms with Crippen molar-refractivity contribution in [3.05, 3.63) is 41.2 Å². The number of Topliss-reactive ketones (excluding diaryl/α,β-unsaturated/α-hetero) is 1. The maximum atomic E-state index is 11.3. The van der Waals surface area contributed by atoms with Crippen molar-refractivity contribution in [2.24, 2.45) is 0 Å². The summed E-state index contributed by atoms with van der Waals surface area (Å²) in [6, 6.07) is 7.97. The largest absolute Gasteiger partial charge is 0.454 e. The molecule has 3 rings (SSSR count). The number of benzene rings is 1. The zero-order valence-corrected chi connectivity index (χ0v) is 11.9. The molecule has 0 bridgehead atoms. The summed E-state index contributed by atoms with van der Waals surface area (Å²) in [7, 11) is 0. The minimum absolute atomic E-state index is 0.177. The summed E-state index contributed by atoms with van der Waals surface area (Å²) < 4.78 is 12.9. The van der Waals surface area contributed by atoms with Gasteiger partial charge in [0.1, 0.15) is 5.78 Å². The molecule has 0 saturated carbocycles. The van der Waals surface area contributed by atoms with Crippen molar-refractivity contribution in [3.8, 4) is 17.2 Å². The van der Waals surface area contributed by atoms with E-state index in [1.54, 1.807) is 6.92 Å². The highest BCUT2D eigenvalue weighted by atomic mass is 16.7. The third-order valence-corrected chi connectivity index (χ3v) is 3.59. The van der Waals surface area contributed by atoms with Crippen LogP contribution >= 0.6 is 0 Å². The van der Waals surface area contributed by atoms with Gasteiger partial charge in [-0.2, -0.15) is 0 Å². The predicted octanol–water partition coefficient (Wildman–Crippen LogP) is 2.95. The summed E-state index contributed by atoms with van der Waals surface area (Å²) in [4.78, 5) is 11.3. The van der Waals surface area contributed by atoms with E-state index in [-0.39, 0.29) is 12.6 Å². The number of fused-ring (bicyclic) bond motifs is 1. The number of nitrogens with zero attached hydrogens (tertiary/aromatic N) is 1. The van der Waals surface area contributed by atoms with Crippen LogP contribution in [0.5, 0.6) is 11.5 Å². The maximum Gasteiger partial charge on any atom is 0.231 e. The van der Waals surface area contributed by atoms with Crippen molar-refractivity contribution in [1.82, 2.24) is 4.57 Å². The summed E-state index contributed by atoms with van der Waals surface area (Å²) in [5.41, 5.74) is 4.31. The van der Waals surface area contributed by atoms with Gasteiger partial charge in [0.05, 0.1) is 0 Å². The van der Waals surface area contributed by atoms with Crippen LogP contribution in [0, 0.1) is 13.8 Å². The Balaban J connectivity index is 2.06. The highest BCUT2D eigenvalue weighted by Crippen LogP contribution is 2.34. The molecular formula is C16H17NO3. The topological polar surface area (TPSA) is 40.5 Å². The number of hydrogen-bond donors (Lipinski definition) is 0. The van der Waals surface area contributed by atoms with Crippen LogP contribution in [0.3, 0.4) is 0 Å². The van der Waals surface area contributed by atoms with E-state index in [1.165, 1.54) is 0 Å². The fourth-order valence-electron chi connectivity index (χ4n) is 2.70. The molecule has 0 fully saturated rings. The lowest BCUT2D eigenvalue weighted by atomic mass is 10.1. The summed E-state index contributed by atoms with van der Waals surface area (Å²) in [5.74, 6) is 1.72.